The number of nitrogens with one attached hydrogen (secondary N) is 2. The topological polar surface area (TPSA) is 86.2 Å². The van der Waals surface area contributed by atoms with Crippen LogP contribution in [-0.4, -0.2) is 30.4 Å². The maximum atomic E-state index is 14.2. The molecule has 0 spiro atoms. The van der Waals surface area contributed by atoms with E-state index in [0.29, 0.717) is 23.2 Å². The first-order chi connectivity index (χ1) is 19.4. The number of aromatic amines is 2. The highest BCUT2D eigenvalue weighted by Crippen LogP contribution is 2.32. The number of halogens is 1. The summed E-state index contributed by atoms with van der Waals surface area (Å²) in [4.78, 5) is 22.9. The van der Waals surface area contributed by atoms with E-state index in [1.165, 1.54) is 22.5 Å². The number of carbonyl (C=O) groups is 1. The van der Waals surface area contributed by atoms with E-state index >= 15 is 0 Å². The fraction of sp³-hybridized carbons (Fsp3) is 0.0909. The largest absolute Gasteiger partial charge is 0.478 e. The lowest BCUT2D eigenvalue weighted by Crippen LogP contribution is -2.02. The minimum absolute atomic E-state index is 0.198. The van der Waals surface area contributed by atoms with Gasteiger partial charge in [0, 0.05) is 52.4 Å². The van der Waals surface area contributed by atoms with Crippen LogP contribution in [0.4, 0.5) is 4.39 Å². The number of hydrogen-bond acceptors (Lipinski definition) is 2. The molecule has 0 saturated heterocycles. The molecule has 198 valence electrons. The van der Waals surface area contributed by atoms with Crippen molar-refractivity contribution in [2.75, 3.05) is 0 Å². The smallest absolute Gasteiger partial charge is 0.336 e. The van der Waals surface area contributed by atoms with E-state index in [4.69, 9.17) is 4.98 Å². The number of carboxylic acid groups (broad SMARTS) is 1. The third-order valence-corrected chi connectivity index (χ3v) is 7.33. The zero-order valence-electron chi connectivity index (χ0n) is 22.1. The number of carboxylic acids is 1. The summed E-state index contributed by atoms with van der Waals surface area (Å²) in [5.41, 5.74) is 7.89. The molecule has 3 aromatic carbocycles. The molecular weight excluding hydrogens is 503 g/mol. The molecule has 0 unspecified atom stereocenters. The average Bonchev–Trinajstić information content (AvgIpc) is 3.70. The molecule has 4 aromatic heterocycles. The van der Waals surface area contributed by atoms with E-state index in [0.717, 1.165) is 27.8 Å². The van der Waals surface area contributed by atoms with Crippen LogP contribution < -0.4 is 0 Å². The Bertz CT molecular complexity index is 2010. The summed E-state index contributed by atoms with van der Waals surface area (Å²) >= 11 is 0. The summed E-state index contributed by atoms with van der Waals surface area (Å²) in [5, 5.41) is 11.8. The normalized spacial score (nSPS) is 11.2. The number of nitrogens with zero attached hydrogens (tertiary/aromatic N) is 2. The minimum Gasteiger partial charge on any atom is -0.478 e. The number of pyridine rings is 1. The van der Waals surface area contributed by atoms with Gasteiger partial charge in [-0.3, -0.25) is 0 Å². The molecule has 0 atom stereocenters. The number of hydrogen-bond donors (Lipinski definition) is 3. The molecular formula is C33H27FN4O2. The van der Waals surface area contributed by atoms with Crippen molar-refractivity contribution in [3.8, 4) is 11.3 Å². The molecule has 0 bridgehead atoms. The molecule has 6 nitrogen and oxygen atoms in total. The Kier molecular flexibility index (Phi) is 6.40. The van der Waals surface area contributed by atoms with Gasteiger partial charge in [0.1, 0.15) is 11.5 Å². The van der Waals surface area contributed by atoms with Crippen LogP contribution in [0, 0.1) is 19.7 Å². The van der Waals surface area contributed by atoms with Crippen molar-refractivity contribution < 1.29 is 14.3 Å². The molecule has 0 amide bonds. The number of aromatic nitrogens is 4. The van der Waals surface area contributed by atoms with Gasteiger partial charge in [0.15, 0.2) is 0 Å². The maximum Gasteiger partial charge on any atom is 0.336 e. The number of rotatable bonds is 4. The van der Waals surface area contributed by atoms with Gasteiger partial charge >= 0.3 is 5.97 Å². The Hall–Kier alpha value is -5.17. The predicted octanol–water partition coefficient (Wildman–Crippen LogP) is 7.70. The van der Waals surface area contributed by atoms with E-state index in [1.807, 2.05) is 41.2 Å². The predicted molar refractivity (Wildman–Crippen MR) is 156 cm³/mol. The van der Waals surface area contributed by atoms with Gasteiger partial charge in [-0.2, -0.15) is 0 Å². The molecule has 0 aliphatic heterocycles. The molecule has 0 fully saturated rings. The van der Waals surface area contributed by atoms with Crippen LogP contribution in [0.2, 0.25) is 0 Å². The molecule has 7 rings (SSSR count). The fourth-order valence-corrected chi connectivity index (χ4v) is 5.33. The highest BCUT2D eigenvalue weighted by molar-refractivity contribution is 5.96. The van der Waals surface area contributed by atoms with Gasteiger partial charge in [-0.15, -0.1) is 0 Å². The monoisotopic (exact) mass is 530 g/mol. The first kappa shape index (κ1) is 25.1. The molecule has 7 heteroatoms. The molecule has 0 saturated carbocycles. The van der Waals surface area contributed by atoms with Crippen molar-refractivity contribution in [2.24, 2.45) is 0 Å². The lowest BCUT2D eigenvalue weighted by molar-refractivity contribution is 0.0697. The van der Waals surface area contributed by atoms with Crippen LogP contribution in [0.25, 0.3) is 38.7 Å². The van der Waals surface area contributed by atoms with Crippen LogP contribution in [-0.2, 0) is 6.42 Å². The third-order valence-electron chi connectivity index (χ3n) is 7.33. The Morgan fingerprint density at radius 2 is 1.75 bits per heavy atom. The van der Waals surface area contributed by atoms with Crippen molar-refractivity contribution in [3.63, 3.8) is 0 Å². The number of fused-ring (bicyclic) bond motifs is 3. The second kappa shape index (κ2) is 10.2. The summed E-state index contributed by atoms with van der Waals surface area (Å²) in [7, 11) is 0. The Morgan fingerprint density at radius 3 is 2.58 bits per heavy atom. The SMILES string of the molecule is Cc1c(F)ccc2[nH]cc(Cc3c(-c4ccccc4C(=O)O)nc4ccccn34)c12.Cc1cccc2[nH]ccc12. The number of benzene rings is 3. The molecule has 4 heterocycles. The zero-order chi connectivity index (χ0) is 27.8. The standard InChI is InChI=1S/C24H18FN3O2.C9H9N/c1-14-18(25)9-10-19-22(14)15(13-26-19)12-20-23(27-21-8-4-5-11-28(20)21)16-6-2-3-7-17(16)24(29)30;1-7-3-2-4-9-8(7)5-6-10-9/h2-11,13,26H,12H2,1H3,(H,29,30);2-6,10H,1H3. The van der Waals surface area contributed by atoms with Crippen LogP contribution in [0.3, 0.4) is 0 Å². The first-order valence-corrected chi connectivity index (χ1v) is 13.0. The quantitative estimate of drug-likeness (QED) is 0.218. The second-order valence-corrected chi connectivity index (χ2v) is 9.79. The molecule has 3 N–H and O–H groups in total. The Labute approximate surface area is 229 Å². The molecule has 0 radical (unpaired) electrons. The molecule has 7 aromatic rings. The van der Waals surface area contributed by atoms with Gasteiger partial charge in [-0.25, -0.2) is 14.2 Å². The maximum absolute atomic E-state index is 14.2. The summed E-state index contributed by atoms with van der Waals surface area (Å²) in [6, 6.07) is 24.1. The fourth-order valence-electron chi connectivity index (χ4n) is 5.33. The highest BCUT2D eigenvalue weighted by atomic mass is 19.1. The number of H-pyrrole nitrogens is 2. The summed E-state index contributed by atoms with van der Waals surface area (Å²) in [5.74, 6) is -1.25. The van der Waals surface area contributed by atoms with Gasteiger partial charge < -0.3 is 19.5 Å². The van der Waals surface area contributed by atoms with Crippen molar-refractivity contribution in [1.82, 2.24) is 19.4 Å². The van der Waals surface area contributed by atoms with Crippen molar-refractivity contribution >= 4 is 33.4 Å². The molecule has 0 aliphatic rings. The van der Waals surface area contributed by atoms with Gasteiger partial charge in [-0.05, 0) is 73.0 Å². The average molecular weight is 531 g/mol. The van der Waals surface area contributed by atoms with E-state index in [1.54, 1.807) is 37.3 Å². The van der Waals surface area contributed by atoms with E-state index in [9.17, 15) is 14.3 Å². The van der Waals surface area contributed by atoms with E-state index in [2.05, 4.69) is 41.2 Å². The first-order valence-electron chi connectivity index (χ1n) is 13.0. The minimum atomic E-state index is -1.00. The van der Waals surface area contributed by atoms with Gasteiger partial charge in [0.05, 0.1) is 17.0 Å². The van der Waals surface area contributed by atoms with E-state index in [-0.39, 0.29) is 11.4 Å². The van der Waals surface area contributed by atoms with Crippen molar-refractivity contribution in [1.29, 1.82) is 0 Å². The number of aryl methyl sites for hydroxylation is 2. The zero-order valence-corrected chi connectivity index (χ0v) is 22.1. The van der Waals surface area contributed by atoms with Crippen LogP contribution in [0.1, 0.15) is 32.7 Å². The van der Waals surface area contributed by atoms with Crippen molar-refractivity contribution in [3.05, 3.63) is 131 Å². The summed E-state index contributed by atoms with van der Waals surface area (Å²) < 4.78 is 16.2. The van der Waals surface area contributed by atoms with Gasteiger partial charge in [0.25, 0.3) is 0 Å². The van der Waals surface area contributed by atoms with Crippen LogP contribution in [0.5, 0.6) is 0 Å². The Morgan fingerprint density at radius 1 is 0.925 bits per heavy atom. The van der Waals surface area contributed by atoms with Crippen LogP contribution >= 0.6 is 0 Å². The molecule has 40 heavy (non-hydrogen) atoms. The van der Waals surface area contributed by atoms with Gasteiger partial charge in [0.2, 0.25) is 0 Å². The van der Waals surface area contributed by atoms with Crippen LogP contribution in [0.15, 0.2) is 97.5 Å². The number of aromatic carboxylic acids is 1. The molecule has 0 aliphatic carbocycles. The van der Waals surface area contributed by atoms with Gasteiger partial charge in [-0.1, -0.05) is 36.4 Å². The highest BCUT2D eigenvalue weighted by Gasteiger charge is 2.21. The summed E-state index contributed by atoms with van der Waals surface area (Å²) in [6.07, 6.45) is 6.23. The van der Waals surface area contributed by atoms with Crippen molar-refractivity contribution in [2.45, 2.75) is 20.3 Å². The number of imidazole rings is 1. The second-order valence-electron chi connectivity index (χ2n) is 9.79. The lowest BCUT2D eigenvalue weighted by atomic mass is 9.98. The third kappa shape index (κ3) is 4.41. The Balaban J connectivity index is 0.000000242. The van der Waals surface area contributed by atoms with E-state index < -0.39 is 5.97 Å². The lowest BCUT2D eigenvalue weighted by Gasteiger charge is -2.08. The summed E-state index contributed by atoms with van der Waals surface area (Å²) in [6.45, 7) is 3.89.